The lowest BCUT2D eigenvalue weighted by Gasteiger charge is -2.11. The van der Waals surface area contributed by atoms with Crippen LogP contribution in [-0.2, 0) is 13.8 Å². The van der Waals surface area contributed by atoms with Crippen LogP contribution >= 0.6 is 10.7 Å². The number of nitrogens with zero attached hydrogens (tertiary/aromatic N) is 2. The molecule has 6 nitrogen and oxygen atoms in total. The number of hydrogen-bond donors (Lipinski definition) is 0. The molecule has 1 unspecified atom stereocenters. The maximum Gasteiger partial charge on any atom is 0.234 e. The molecule has 0 aromatic carbocycles. The van der Waals surface area contributed by atoms with E-state index in [1.807, 2.05) is 0 Å². The van der Waals surface area contributed by atoms with Crippen LogP contribution in [0.5, 0.6) is 0 Å². The van der Waals surface area contributed by atoms with Crippen molar-refractivity contribution in [1.29, 1.82) is 0 Å². The van der Waals surface area contributed by atoms with Gasteiger partial charge in [0.2, 0.25) is 20.8 Å². The van der Waals surface area contributed by atoms with Crippen LogP contribution in [0.15, 0.2) is 10.6 Å². The van der Waals surface area contributed by atoms with Crippen molar-refractivity contribution in [3.63, 3.8) is 0 Å². The summed E-state index contributed by atoms with van der Waals surface area (Å²) in [6, 6.07) is 1.63. The summed E-state index contributed by atoms with van der Waals surface area (Å²) >= 11 is 0. The Morgan fingerprint density at radius 1 is 1.65 bits per heavy atom. The fourth-order valence-corrected chi connectivity index (χ4v) is 3.19. The highest BCUT2D eigenvalue weighted by atomic mass is 35.7. The molecule has 1 fully saturated rings. The Hall–Kier alpha value is -1.08. The summed E-state index contributed by atoms with van der Waals surface area (Å²) in [6.07, 6.45) is 0.158. The smallest absolute Gasteiger partial charge is 0.234 e. The molecule has 94 valence electrons. The van der Waals surface area contributed by atoms with Gasteiger partial charge in [-0.25, -0.2) is 8.42 Å². The number of amides is 1. The third-order valence-corrected chi connectivity index (χ3v) is 3.77. The number of carbonyl (C=O) groups excluding carboxylic acids is 1. The van der Waals surface area contributed by atoms with Gasteiger partial charge in [-0.2, -0.15) is 0 Å². The zero-order valence-electron chi connectivity index (χ0n) is 9.09. The second kappa shape index (κ2) is 4.30. The zero-order chi connectivity index (χ0) is 12.6. The van der Waals surface area contributed by atoms with Crippen molar-refractivity contribution >= 4 is 31.5 Å². The summed E-state index contributed by atoms with van der Waals surface area (Å²) in [7, 11) is 1.58. The molecule has 1 atom stereocenters. The third kappa shape index (κ3) is 2.98. The van der Waals surface area contributed by atoms with Gasteiger partial charge in [-0.1, -0.05) is 5.16 Å². The van der Waals surface area contributed by atoms with Gasteiger partial charge in [0.25, 0.3) is 0 Å². The van der Waals surface area contributed by atoms with E-state index >= 15 is 0 Å². The van der Waals surface area contributed by atoms with E-state index in [9.17, 15) is 13.2 Å². The number of carbonyl (C=O) groups is 1. The number of aromatic nitrogens is 1. The highest BCUT2D eigenvalue weighted by Crippen LogP contribution is 2.26. The van der Waals surface area contributed by atoms with Crippen LogP contribution < -0.4 is 4.90 Å². The van der Waals surface area contributed by atoms with Gasteiger partial charge < -0.3 is 4.52 Å². The van der Waals surface area contributed by atoms with E-state index in [1.54, 1.807) is 13.0 Å². The second-order valence-corrected chi connectivity index (χ2v) is 6.91. The quantitative estimate of drug-likeness (QED) is 0.768. The van der Waals surface area contributed by atoms with E-state index in [1.165, 1.54) is 4.90 Å². The van der Waals surface area contributed by atoms with Gasteiger partial charge in [0.15, 0.2) is 0 Å². The van der Waals surface area contributed by atoms with Crippen LogP contribution in [0.2, 0.25) is 0 Å². The van der Waals surface area contributed by atoms with Crippen molar-refractivity contribution in [3.8, 4) is 0 Å². The minimum atomic E-state index is -3.58. The van der Waals surface area contributed by atoms with Crippen molar-refractivity contribution in [2.24, 2.45) is 5.92 Å². The van der Waals surface area contributed by atoms with E-state index in [2.05, 4.69) is 5.16 Å². The minimum Gasteiger partial charge on any atom is -0.338 e. The Balaban J connectivity index is 2.10. The van der Waals surface area contributed by atoms with Gasteiger partial charge in [0.05, 0.1) is 11.4 Å². The van der Waals surface area contributed by atoms with E-state index in [0.717, 1.165) is 0 Å². The predicted octanol–water partition coefficient (Wildman–Crippen LogP) is 0.905. The topological polar surface area (TPSA) is 80.5 Å². The summed E-state index contributed by atoms with van der Waals surface area (Å²) in [6.45, 7) is 2.04. The van der Waals surface area contributed by atoms with Crippen LogP contribution in [0.1, 0.15) is 12.1 Å². The average Bonchev–Trinajstić information content (AvgIpc) is 2.70. The lowest BCUT2D eigenvalue weighted by molar-refractivity contribution is -0.117. The highest BCUT2D eigenvalue weighted by molar-refractivity contribution is 8.13. The maximum atomic E-state index is 11.7. The number of hydrogen-bond acceptors (Lipinski definition) is 5. The molecular weight excluding hydrogens is 268 g/mol. The van der Waals surface area contributed by atoms with Crippen molar-refractivity contribution < 1.29 is 17.7 Å². The third-order valence-electron chi connectivity index (χ3n) is 2.52. The van der Waals surface area contributed by atoms with E-state index < -0.39 is 9.05 Å². The molecule has 1 aromatic heterocycles. The standard InChI is InChI=1S/C9H11ClN2O4S/c1-6-2-9(16-11-6)12-4-7(3-8(12)13)5-17(10,14)15/h2,7H,3-5H2,1H3. The number of halogens is 1. The van der Waals surface area contributed by atoms with E-state index in [0.29, 0.717) is 18.1 Å². The summed E-state index contributed by atoms with van der Waals surface area (Å²) in [5.74, 6) is -0.326. The largest absolute Gasteiger partial charge is 0.338 e. The Labute approximate surface area is 103 Å². The minimum absolute atomic E-state index is 0.158. The fraction of sp³-hybridized carbons (Fsp3) is 0.556. The van der Waals surface area contributed by atoms with Crippen molar-refractivity contribution in [1.82, 2.24) is 5.16 Å². The van der Waals surface area contributed by atoms with E-state index in [-0.39, 0.29) is 24.0 Å². The van der Waals surface area contributed by atoms with E-state index in [4.69, 9.17) is 15.2 Å². The van der Waals surface area contributed by atoms with Crippen LogP contribution in [0, 0.1) is 12.8 Å². The predicted molar refractivity (Wildman–Crippen MR) is 61.3 cm³/mol. The van der Waals surface area contributed by atoms with Gasteiger partial charge in [-0.05, 0) is 6.92 Å². The Kier molecular flexibility index (Phi) is 3.13. The first kappa shape index (κ1) is 12.4. The summed E-state index contributed by atoms with van der Waals surface area (Å²) in [5, 5.41) is 3.68. The molecule has 0 N–H and O–H groups in total. The molecule has 2 rings (SSSR count). The molecule has 1 aliphatic rings. The van der Waals surface area contributed by atoms with Gasteiger partial charge in [0, 0.05) is 35.6 Å². The molecule has 8 heteroatoms. The Bertz CT molecular complexity index is 539. The van der Waals surface area contributed by atoms with Crippen molar-refractivity contribution in [3.05, 3.63) is 11.8 Å². The molecule has 0 bridgehead atoms. The van der Waals surface area contributed by atoms with Crippen LogP contribution in [0.25, 0.3) is 0 Å². The lowest BCUT2D eigenvalue weighted by Crippen LogP contribution is -2.24. The molecule has 0 spiro atoms. The van der Waals surface area contributed by atoms with Gasteiger partial charge in [-0.15, -0.1) is 0 Å². The first-order valence-electron chi connectivity index (χ1n) is 5.01. The lowest BCUT2D eigenvalue weighted by atomic mass is 10.1. The molecule has 2 heterocycles. The molecule has 0 saturated carbocycles. The number of anilines is 1. The van der Waals surface area contributed by atoms with Crippen LogP contribution in [0.3, 0.4) is 0 Å². The van der Waals surface area contributed by atoms with Gasteiger partial charge >= 0.3 is 0 Å². The fourth-order valence-electron chi connectivity index (χ4n) is 1.87. The normalized spacial score (nSPS) is 21.2. The molecule has 1 amide bonds. The van der Waals surface area contributed by atoms with Gasteiger partial charge in [0.1, 0.15) is 0 Å². The molecule has 0 aliphatic carbocycles. The summed E-state index contributed by atoms with van der Waals surface area (Å²) < 4.78 is 26.9. The first-order valence-corrected chi connectivity index (χ1v) is 7.49. The Morgan fingerprint density at radius 2 is 2.35 bits per heavy atom. The highest BCUT2D eigenvalue weighted by Gasteiger charge is 2.34. The average molecular weight is 279 g/mol. The molecule has 1 aromatic rings. The molecule has 1 saturated heterocycles. The molecule has 0 radical (unpaired) electrons. The second-order valence-electron chi connectivity index (χ2n) is 4.09. The maximum absolute atomic E-state index is 11.7. The molecule has 17 heavy (non-hydrogen) atoms. The number of aryl methyl sites for hydroxylation is 1. The van der Waals surface area contributed by atoms with Gasteiger partial charge in [-0.3, -0.25) is 9.69 Å². The Morgan fingerprint density at radius 3 is 2.88 bits per heavy atom. The molecular formula is C9H11ClN2O4S. The molecule has 1 aliphatic heterocycles. The number of rotatable bonds is 3. The SMILES string of the molecule is Cc1cc(N2CC(CS(=O)(=O)Cl)CC2=O)on1. The monoisotopic (exact) mass is 278 g/mol. The summed E-state index contributed by atoms with van der Waals surface area (Å²) in [5.41, 5.74) is 0.668. The van der Waals surface area contributed by atoms with Crippen molar-refractivity contribution in [2.45, 2.75) is 13.3 Å². The zero-order valence-corrected chi connectivity index (χ0v) is 10.7. The van der Waals surface area contributed by atoms with Crippen molar-refractivity contribution in [2.75, 3.05) is 17.2 Å². The van der Waals surface area contributed by atoms with Crippen LogP contribution in [-0.4, -0.2) is 31.8 Å². The summed E-state index contributed by atoms with van der Waals surface area (Å²) in [4.78, 5) is 13.1. The van der Waals surface area contributed by atoms with Crippen LogP contribution in [0.4, 0.5) is 5.88 Å². The first-order chi connectivity index (χ1) is 7.85.